The van der Waals surface area contributed by atoms with Gasteiger partial charge in [0.1, 0.15) is 0 Å². The van der Waals surface area contributed by atoms with Gasteiger partial charge in [0.25, 0.3) is 0 Å². The standard InChI is InChI=1S/C8H11N3/c1-6-2-3-8(11-6)7(10)4-5-9/h2-3,7,11H,4,10H2,1H3. The molecule has 0 radical (unpaired) electrons. The zero-order valence-corrected chi connectivity index (χ0v) is 6.46. The van der Waals surface area contributed by atoms with E-state index < -0.39 is 0 Å². The van der Waals surface area contributed by atoms with Crippen LogP contribution in [0.5, 0.6) is 0 Å². The maximum absolute atomic E-state index is 8.36. The fourth-order valence-electron chi connectivity index (χ4n) is 0.950. The van der Waals surface area contributed by atoms with Gasteiger partial charge in [-0.1, -0.05) is 0 Å². The van der Waals surface area contributed by atoms with Crippen LogP contribution in [0.4, 0.5) is 0 Å². The first-order valence-corrected chi connectivity index (χ1v) is 3.52. The molecule has 3 nitrogen and oxygen atoms in total. The lowest BCUT2D eigenvalue weighted by molar-refractivity contribution is 0.724. The topological polar surface area (TPSA) is 65.6 Å². The Kier molecular flexibility index (Phi) is 2.29. The summed E-state index contributed by atoms with van der Waals surface area (Å²) in [6.07, 6.45) is 0.361. The third-order valence-corrected chi connectivity index (χ3v) is 1.57. The van der Waals surface area contributed by atoms with Crippen LogP contribution in [-0.4, -0.2) is 4.98 Å². The number of nitrogens with zero attached hydrogens (tertiary/aromatic N) is 1. The molecule has 0 aliphatic heterocycles. The van der Waals surface area contributed by atoms with E-state index in [9.17, 15) is 0 Å². The summed E-state index contributed by atoms with van der Waals surface area (Å²) in [5.41, 5.74) is 7.68. The maximum atomic E-state index is 8.36. The number of nitrogens with one attached hydrogen (secondary N) is 1. The summed E-state index contributed by atoms with van der Waals surface area (Å²) in [6.45, 7) is 1.96. The van der Waals surface area contributed by atoms with Crippen LogP contribution < -0.4 is 5.73 Å². The summed E-state index contributed by atoms with van der Waals surface area (Å²) in [4.78, 5) is 3.08. The predicted molar refractivity (Wildman–Crippen MR) is 42.7 cm³/mol. The fraction of sp³-hybridized carbons (Fsp3) is 0.375. The van der Waals surface area contributed by atoms with Gasteiger partial charge in [-0.2, -0.15) is 5.26 Å². The van der Waals surface area contributed by atoms with Gasteiger partial charge in [-0.05, 0) is 19.1 Å². The summed E-state index contributed by atoms with van der Waals surface area (Å²) in [5.74, 6) is 0. The molecule has 1 atom stereocenters. The van der Waals surface area contributed by atoms with Crippen LogP contribution in [-0.2, 0) is 0 Å². The van der Waals surface area contributed by atoms with Crippen molar-refractivity contribution in [3.05, 3.63) is 23.5 Å². The van der Waals surface area contributed by atoms with Gasteiger partial charge >= 0.3 is 0 Å². The van der Waals surface area contributed by atoms with E-state index in [4.69, 9.17) is 11.0 Å². The number of hydrogen-bond donors (Lipinski definition) is 2. The average Bonchev–Trinajstić information content (AvgIpc) is 2.36. The van der Waals surface area contributed by atoms with Crippen molar-refractivity contribution in [1.82, 2.24) is 4.98 Å². The molecule has 0 bridgehead atoms. The molecule has 0 spiro atoms. The Labute approximate surface area is 65.8 Å². The highest BCUT2D eigenvalue weighted by Crippen LogP contribution is 2.11. The van der Waals surface area contributed by atoms with E-state index in [0.717, 1.165) is 11.4 Å². The zero-order valence-electron chi connectivity index (χ0n) is 6.46. The minimum atomic E-state index is -0.173. The maximum Gasteiger partial charge on any atom is 0.0642 e. The molecule has 0 fully saturated rings. The lowest BCUT2D eigenvalue weighted by Gasteiger charge is -2.02. The Morgan fingerprint density at radius 3 is 2.91 bits per heavy atom. The molecule has 1 heterocycles. The second kappa shape index (κ2) is 3.22. The van der Waals surface area contributed by atoms with Gasteiger partial charge < -0.3 is 10.7 Å². The third-order valence-electron chi connectivity index (χ3n) is 1.57. The Bertz CT molecular complexity index is 269. The smallest absolute Gasteiger partial charge is 0.0642 e. The van der Waals surface area contributed by atoms with Gasteiger partial charge in [0.2, 0.25) is 0 Å². The molecule has 0 aromatic carbocycles. The van der Waals surface area contributed by atoms with Crippen molar-refractivity contribution in [1.29, 1.82) is 5.26 Å². The van der Waals surface area contributed by atoms with E-state index in [-0.39, 0.29) is 6.04 Å². The molecular formula is C8H11N3. The van der Waals surface area contributed by atoms with Crippen LogP contribution in [0.15, 0.2) is 12.1 Å². The number of nitriles is 1. The lowest BCUT2D eigenvalue weighted by atomic mass is 10.2. The first-order valence-electron chi connectivity index (χ1n) is 3.52. The van der Waals surface area contributed by atoms with E-state index >= 15 is 0 Å². The average molecular weight is 149 g/mol. The predicted octanol–water partition coefficient (Wildman–Crippen LogP) is 1.24. The van der Waals surface area contributed by atoms with Gasteiger partial charge in [0.05, 0.1) is 18.5 Å². The monoisotopic (exact) mass is 149 g/mol. The van der Waals surface area contributed by atoms with Gasteiger partial charge in [-0.15, -0.1) is 0 Å². The fourth-order valence-corrected chi connectivity index (χ4v) is 0.950. The normalized spacial score (nSPS) is 12.5. The summed E-state index contributed by atoms with van der Waals surface area (Å²) >= 11 is 0. The van der Waals surface area contributed by atoms with Crippen molar-refractivity contribution in [3.63, 3.8) is 0 Å². The van der Waals surface area contributed by atoms with Crippen molar-refractivity contribution in [3.8, 4) is 6.07 Å². The van der Waals surface area contributed by atoms with Crippen molar-refractivity contribution in [2.75, 3.05) is 0 Å². The van der Waals surface area contributed by atoms with Crippen molar-refractivity contribution in [2.45, 2.75) is 19.4 Å². The summed E-state index contributed by atoms with van der Waals surface area (Å²) in [6, 6.07) is 5.72. The third kappa shape index (κ3) is 1.82. The second-order valence-electron chi connectivity index (χ2n) is 2.57. The molecule has 1 rings (SSSR count). The Morgan fingerprint density at radius 1 is 1.73 bits per heavy atom. The second-order valence-corrected chi connectivity index (χ2v) is 2.57. The lowest BCUT2D eigenvalue weighted by Crippen LogP contribution is -2.09. The Morgan fingerprint density at radius 2 is 2.45 bits per heavy atom. The van der Waals surface area contributed by atoms with Crippen LogP contribution in [0.1, 0.15) is 23.9 Å². The highest BCUT2D eigenvalue weighted by Gasteiger charge is 2.05. The van der Waals surface area contributed by atoms with E-state index in [1.165, 1.54) is 0 Å². The molecule has 1 aromatic heterocycles. The van der Waals surface area contributed by atoms with Gasteiger partial charge in [-0.25, -0.2) is 0 Å². The van der Waals surface area contributed by atoms with E-state index in [1.54, 1.807) is 0 Å². The first-order chi connectivity index (χ1) is 5.24. The molecule has 0 aliphatic carbocycles. The van der Waals surface area contributed by atoms with Gasteiger partial charge in [-0.3, -0.25) is 0 Å². The molecule has 0 aliphatic rings. The van der Waals surface area contributed by atoms with Gasteiger partial charge in [0, 0.05) is 11.4 Å². The molecule has 11 heavy (non-hydrogen) atoms. The molecule has 1 aromatic rings. The largest absolute Gasteiger partial charge is 0.361 e. The van der Waals surface area contributed by atoms with Crippen LogP contribution in [0, 0.1) is 18.3 Å². The van der Waals surface area contributed by atoms with Gasteiger partial charge in [0.15, 0.2) is 0 Å². The van der Waals surface area contributed by atoms with E-state index in [0.29, 0.717) is 6.42 Å². The number of nitrogens with two attached hydrogens (primary N) is 1. The number of hydrogen-bond acceptors (Lipinski definition) is 2. The minimum absolute atomic E-state index is 0.173. The number of aryl methyl sites for hydroxylation is 1. The molecule has 3 N–H and O–H groups in total. The van der Waals surface area contributed by atoms with Crippen LogP contribution in [0.3, 0.4) is 0 Å². The summed E-state index contributed by atoms with van der Waals surface area (Å²) in [5, 5.41) is 8.36. The minimum Gasteiger partial charge on any atom is -0.361 e. The first kappa shape index (κ1) is 7.83. The van der Waals surface area contributed by atoms with Crippen LogP contribution >= 0.6 is 0 Å². The number of aromatic amines is 1. The number of rotatable bonds is 2. The Hall–Kier alpha value is -1.27. The molecule has 1 unspecified atom stereocenters. The molecule has 3 heteroatoms. The Balaban J connectivity index is 2.70. The zero-order chi connectivity index (χ0) is 8.27. The molecule has 58 valence electrons. The SMILES string of the molecule is Cc1ccc(C(N)CC#N)[nH]1. The van der Waals surface area contributed by atoms with Crippen LogP contribution in [0.2, 0.25) is 0 Å². The quantitative estimate of drug-likeness (QED) is 0.664. The summed E-state index contributed by atoms with van der Waals surface area (Å²) in [7, 11) is 0. The van der Waals surface area contributed by atoms with Crippen molar-refractivity contribution in [2.24, 2.45) is 5.73 Å². The van der Waals surface area contributed by atoms with E-state index in [1.807, 2.05) is 25.1 Å². The number of H-pyrrole nitrogens is 1. The van der Waals surface area contributed by atoms with Crippen LogP contribution in [0.25, 0.3) is 0 Å². The molecule has 0 saturated carbocycles. The highest BCUT2D eigenvalue weighted by molar-refractivity contribution is 5.15. The van der Waals surface area contributed by atoms with Crippen molar-refractivity contribution < 1.29 is 0 Å². The molecule has 0 saturated heterocycles. The highest BCUT2D eigenvalue weighted by atomic mass is 14.8. The molecule has 0 amide bonds. The molecular weight excluding hydrogens is 138 g/mol. The number of aromatic nitrogens is 1. The summed E-state index contributed by atoms with van der Waals surface area (Å²) < 4.78 is 0. The van der Waals surface area contributed by atoms with Crippen molar-refractivity contribution >= 4 is 0 Å². The van der Waals surface area contributed by atoms with E-state index in [2.05, 4.69) is 4.98 Å².